The standard InChI is InChI=1S/C23H27N5O2/c1-15-22(16(2)26-14-25-15)19-12-17(27-23(29)20-7-5-11-28(20)3)8-9-21(19)30-18-6-4-10-24-13-18/h5,7-9,11-12,14,18,24H,4,6,10,13H2,1-3H3,(H,27,29). The minimum absolute atomic E-state index is 0.117. The average Bonchev–Trinajstić information content (AvgIpc) is 3.16. The Morgan fingerprint density at radius 1 is 1.23 bits per heavy atom. The van der Waals surface area contributed by atoms with Crippen molar-refractivity contribution in [1.29, 1.82) is 0 Å². The SMILES string of the molecule is Cc1ncnc(C)c1-c1cc(NC(=O)c2cccn2C)ccc1OC1CCCNC1. The summed E-state index contributed by atoms with van der Waals surface area (Å²) < 4.78 is 8.16. The molecule has 4 rings (SSSR count). The molecule has 3 aromatic rings. The summed E-state index contributed by atoms with van der Waals surface area (Å²) >= 11 is 0. The van der Waals surface area contributed by atoms with Gasteiger partial charge in [-0.05, 0) is 63.6 Å². The van der Waals surface area contributed by atoms with Crippen LogP contribution in [0, 0.1) is 13.8 Å². The lowest BCUT2D eigenvalue weighted by Gasteiger charge is -2.26. The first-order chi connectivity index (χ1) is 14.5. The van der Waals surface area contributed by atoms with Crippen LogP contribution in [0.1, 0.15) is 34.7 Å². The molecule has 1 fully saturated rings. The van der Waals surface area contributed by atoms with Crippen LogP contribution >= 0.6 is 0 Å². The molecule has 0 bridgehead atoms. The fourth-order valence-electron chi connectivity index (χ4n) is 3.88. The molecule has 1 saturated heterocycles. The van der Waals surface area contributed by atoms with Crippen LogP contribution in [0.2, 0.25) is 0 Å². The third-order valence-electron chi connectivity index (χ3n) is 5.45. The van der Waals surface area contributed by atoms with E-state index in [1.807, 2.05) is 51.4 Å². The van der Waals surface area contributed by atoms with Crippen molar-refractivity contribution in [3.05, 3.63) is 59.9 Å². The lowest BCUT2D eigenvalue weighted by atomic mass is 10.0. The second-order valence-electron chi connectivity index (χ2n) is 7.68. The summed E-state index contributed by atoms with van der Waals surface area (Å²) in [6.07, 6.45) is 5.65. The predicted molar refractivity (Wildman–Crippen MR) is 117 cm³/mol. The number of piperidine rings is 1. The summed E-state index contributed by atoms with van der Waals surface area (Å²) in [7, 11) is 1.85. The van der Waals surface area contributed by atoms with Gasteiger partial charge in [0.2, 0.25) is 0 Å². The Labute approximate surface area is 176 Å². The van der Waals surface area contributed by atoms with Gasteiger partial charge in [-0.3, -0.25) is 4.79 Å². The Bertz CT molecular complexity index is 1030. The predicted octanol–water partition coefficient (Wildman–Crippen LogP) is 3.48. The van der Waals surface area contributed by atoms with E-state index in [2.05, 4.69) is 20.6 Å². The van der Waals surface area contributed by atoms with Crippen molar-refractivity contribution in [2.45, 2.75) is 32.8 Å². The molecule has 2 aromatic heterocycles. The summed E-state index contributed by atoms with van der Waals surface area (Å²) in [6, 6.07) is 9.40. The number of nitrogens with one attached hydrogen (secondary N) is 2. The van der Waals surface area contributed by atoms with Gasteiger partial charge in [0.05, 0.1) is 0 Å². The first kappa shape index (κ1) is 20.1. The molecule has 7 nitrogen and oxygen atoms in total. The quantitative estimate of drug-likeness (QED) is 0.679. The fraction of sp³-hybridized carbons (Fsp3) is 0.348. The molecule has 0 saturated carbocycles. The Hall–Kier alpha value is -3.19. The van der Waals surface area contributed by atoms with Crippen molar-refractivity contribution in [3.8, 4) is 16.9 Å². The number of carbonyl (C=O) groups is 1. The van der Waals surface area contributed by atoms with Crippen LogP contribution in [-0.2, 0) is 7.05 Å². The van der Waals surface area contributed by atoms with Gasteiger partial charge in [-0.1, -0.05) is 0 Å². The molecule has 7 heteroatoms. The number of carbonyl (C=O) groups excluding carboxylic acids is 1. The molecule has 30 heavy (non-hydrogen) atoms. The summed E-state index contributed by atoms with van der Waals surface area (Å²) in [5, 5.41) is 6.38. The molecule has 0 aliphatic carbocycles. The minimum Gasteiger partial charge on any atom is -0.488 e. The van der Waals surface area contributed by atoms with Crippen LogP contribution in [0.5, 0.6) is 5.75 Å². The number of amides is 1. The molecule has 1 unspecified atom stereocenters. The molecule has 1 aromatic carbocycles. The van der Waals surface area contributed by atoms with Crippen LogP contribution in [-0.4, -0.2) is 39.6 Å². The normalized spacial score (nSPS) is 16.3. The van der Waals surface area contributed by atoms with Crippen LogP contribution in [0.15, 0.2) is 42.9 Å². The van der Waals surface area contributed by atoms with Gasteiger partial charge in [-0.2, -0.15) is 0 Å². The van der Waals surface area contributed by atoms with Crippen LogP contribution in [0.4, 0.5) is 5.69 Å². The number of hydrogen-bond acceptors (Lipinski definition) is 5. The highest BCUT2D eigenvalue weighted by Crippen LogP contribution is 2.36. The van der Waals surface area contributed by atoms with Gasteiger partial charge in [0.15, 0.2) is 0 Å². The molecule has 1 aliphatic heterocycles. The van der Waals surface area contributed by atoms with E-state index in [1.165, 1.54) is 0 Å². The van der Waals surface area contributed by atoms with Gasteiger partial charge in [-0.15, -0.1) is 0 Å². The zero-order valence-corrected chi connectivity index (χ0v) is 17.6. The highest BCUT2D eigenvalue weighted by molar-refractivity contribution is 6.03. The minimum atomic E-state index is -0.156. The van der Waals surface area contributed by atoms with Gasteiger partial charge in [0, 0.05) is 48.0 Å². The Balaban J connectivity index is 1.70. The smallest absolute Gasteiger partial charge is 0.272 e. The highest BCUT2D eigenvalue weighted by atomic mass is 16.5. The molecule has 0 radical (unpaired) electrons. The Morgan fingerprint density at radius 3 is 2.70 bits per heavy atom. The van der Waals surface area contributed by atoms with E-state index in [0.717, 1.165) is 54.2 Å². The van der Waals surface area contributed by atoms with E-state index < -0.39 is 0 Å². The lowest BCUT2D eigenvalue weighted by Crippen LogP contribution is -2.37. The number of benzene rings is 1. The van der Waals surface area contributed by atoms with E-state index in [0.29, 0.717) is 11.4 Å². The van der Waals surface area contributed by atoms with E-state index in [4.69, 9.17) is 4.74 Å². The van der Waals surface area contributed by atoms with Crippen LogP contribution < -0.4 is 15.4 Å². The highest BCUT2D eigenvalue weighted by Gasteiger charge is 2.20. The Morgan fingerprint density at radius 2 is 2.03 bits per heavy atom. The van der Waals surface area contributed by atoms with Crippen molar-refractivity contribution in [1.82, 2.24) is 19.9 Å². The molecule has 1 aliphatic rings. The zero-order valence-electron chi connectivity index (χ0n) is 17.6. The van der Waals surface area contributed by atoms with Gasteiger partial charge in [0.25, 0.3) is 5.91 Å². The van der Waals surface area contributed by atoms with Crippen molar-refractivity contribution in [2.75, 3.05) is 18.4 Å². The van der Waals surface area contributed by atoms with Gasteiger partial charge >= 0.3 is 0 Å². The van der Waals surface area contributed by atoms with Gasteiger partial charge in [-0.25, -0.2) is 9.97 Å². The number of anilines is 1. The second-order valence-corrected chi connectivity index (χ2v) is 7.68. The average molecular weight is 406 g/mol. The van der Waals surface area contributed by atoms with Crippen LogP contribution in [0.25, 0.3) is 11.1 Å². The lowest BCUT2D eigenvalue weighted by molar-refractivity contribution is 0.101. The van der Waals surface area contributed by atoms with Crippen LogP contribution in [0.3, 0.4) is 0 Å². The molecular weight excluding hydrogens is 378 g/mol. The monoisotopic (exact) mass is 405 g/mol. The summed E-state index contributed by atoms with van der Waals surface area (Å²) in [4.78, 5) is 21.4. The third kappa shape index (κ3) is 4.21. The molecule has 0 spiro atoms. The number of ether oxygens (including phenoxy) is 1. The number of hydrogen-bond donors (Lipinski definition) is 2. The summed E-state index contributed by atoms with van der Waals surface area (Å²) in [5.74, 6) is 0.623. The maximum Gasteiger partial charge on any atom is 0.272 e. The number of nitrogens with zero attached hydrogens (tertiary/aromatic N) is 3. The first-order valence-corrected chi connectivity index (χ1v) is 10.3. The molecular formula is C23H27N5O2. The maximum absolute atomic E-state index is 12.7. The van der Waals surface area contributed by atoms with Gasteiger partial charge in [0.1, 0.15) is 23.9 Å². The Kier molecular flexibility index (Phi) is 5.81. The van der Waals surface area contributed by atoms with Crippen molar-refractivity contribution < 1.29 is 9.53 Å². The van der Waals surface area contributed by atoms with Crippen molar-refractivity contribution in [2.24, 2.45) is 7.05 Å². The van der Waals surface area contributed by atoms with Gasteiger partial charge < -0.3 is 19.9 Å². The molecule has 156 valence electrons. The fourth-order valence-corrected chi connectivity index (χ4v) is 3.88. The topological polar surface area (TPSA) is 81.1 Å². The number of rotatable bonds is 5. The zero-order chi connectivity index (χ0) is 21.1. The van der Waals surface area contributed by atoms with E-state index >= 15 is 0 Å². The second kappa shape index (κ2) is 8.67. The summed E-state index contributed by atoms with van der Waals surface area (Å²) in [6.45, 7) is 5.78. The largest absolute Gasteiger partial charge is 0.488 e. The van der Waals surface area contributed by atoms with E-state index in [-0.39, 0.29) is 12.0 Å². The maximum atomic E-state index is 12.7. The molecule has 1 atom stereocenters. The summed E-state index contributed by atoms with van der Waals surface area (Å²) in [5.41, 5.74) is 4.88. The third-order valence-corrected chi connectivity index (χ3v) is 5.45. The van der Waals surface area contributed by atoms with E-state index in [9.17, 15) is 4.79 Å². The van der Waals surface area contributed by atoms with Crippen molar-refractivity contribution >= 4 is 11.6 Å². The molecule has 1 amide bonds. The molecule has 3 heterocycles. The number of aromatic nitrogens is 3. The van der Waals surface area contributed by atoms with Crippen molar-refractivity contribution in [3.63, 3.8) is 0 Å². The first-order valence-electron chi connectivity index (χ1n) is 10.3. The van der Waals surface area contributed by atoms with E-state index in [1.54, 1.807) is 17.0 Å². The number of aryl methyl sites for hydroxylation is 3. The molecule has 2 N–H and O–H groups in total.